The zero-order chi connectivity index (χ0) is 22.1. The van der Waals surface area contributed by atoms with Crippen LogP contribution in [0, 0.1) is 5.92 Å². The van der Waals surface area contributed by atoms with Gasteiger partial charge in [0.15, 0.2) is 20.8 Å². The Morgan fingerprint density at radius 1 is 1.33 bits per heavy atom. The number of thioether (sulfide) groups is 1. The van der Waals surface area contributed by atoms with Crippen LogP contribution < -0.4 is 0 Å². The highest BCUT2D eigenvalue weighted by Gasteiger charge is 2.32. The molecule has 30 heavy (non-hydrogen) atoms. The summed E-state index contributed by atoms with van der Waals surface area (Å²) in [5.41, 5.74) is 0.723. The third kappa shape index (κ3) is 5.49. The van der Waals surface area contributed by atoms with Gasteiger partial charge in [-0.1, -0.05) is 48.8 Å². The van der Waals surface area contributed by atoms with Gasteiger partial charge in [0, 0.05) is 30.2 Å². The van der Waals surface area contributed by atoms with E-state index in [-0.39, 0.29) is 29.2 Å². The summed E-state index contributed by atoms with van der Waals surface area (Å²) in [6, 6.07) is 4.95. The van der Waals surface area contributed by atoms with Crippen molar-refractivity contribution in [3.63, 3.8) is 0 Å². The average Bonchev–Trinajstić information content (AvgIpc) is 3.21. The second kappa shape index (κ2) is 9.46. The molecule has 1 unspecified atom stereocenters. The molecule has 2 aromatic rings. The predicted octanol–water partition coefficient (Wildman–Crippen LogP) is 3.65. The van der Waals surface area contributed by atoms with Crippen molar-refractivity contribution in [3.05, 3.63) is 28.2 Å². The van der Waals surface area contributed by atoms with E-state index >= 15 is 0 Å². The maximum Gasteiger partial charge on any atom is 0.233 e. The Morgan fingerprint density at radius 3 is 2.67 bits per heavy atom. The molecule has 1 fully saturated rings. The number of carbonyl (C=O) groups excluding carboxylic acids is 1. The van der Waals surface area contributed by atoms with Crippen molar-refractivity contribution in [2.75, 3.05) is 24.3 Å². The fourth-order valence-corrected chi connectivity index (χ4v) is 6.45. The van der Waals surface area contributed by atoms with Crippen molar-refractivity contribution in [1.29, 1.82) is 0 Å². The number of hydrogen-bond acceptors (Lipinski definition) is 6. The number of benzene rings is 1. The van der Waals surface area contributed by atoms with Gasteiger partial charge in [-0.05, 0) is 30.5 Å². The first kappa shape index (κ1) is 23.4. The molecule has 1 amide bonds. The van der Waals surface area contributed by atoms with E-state index in [1.165, 1.54) is 16.7 Å². The van der Waals surface area contributed by atoms with E-state index in [4.69, 9.17) is 23.2 Å². The number of nitrogens with zero attached hydrogens (tertiary/aromatic N) is 4. The van der Waals surface area contributed by atoms with Gasteiger partial charge in [0.25, 0.3) is 0 Å². The van der Waals surface area contributed by atoms with Gasteiger partial charge < -0.3 is 9.47 Å². The van der Waals surface area contributed by atoms with Crippen molar-refractivity contribution in [2.24, 2.45) is 5.92 Å². The van der Waals surface area contributed by atoms with E-state index in [1.54, 1.807) is 25.2 Å². The van der Waals surface area contributed by atoms with Gasteiger partial charge in [0.2, 0.25) is 5.91 Å². The van der Waals surface area contributed by atoms with Crippen LogP contribution in [0.15, 0.2) is 23.4 Å². The number of sulfone groups is 1. The third-order valence-electron chi connectivity index (χ3n) is 4.91. The molecule has 0 bridgehead atoms. The number of amides is 1. The van der Waals surface area contributed by atoms with Gasteiger partial charge in [-0.2, -0.15) is 0 Å². The summed E-state index contributed by atoms with van der Waals surface area (Å²) in [5.74, 6) is 1.13. The molecule has 1 saturated heterocycles. The van der Waals surface area contributed by atoms with E-state index in [0.29, 0.717) is 39.9 Å². The highest BCUT2D eigenvalue weighted by Crippen LogP contribution is 2.32. The van der Waals surface area contributed by atoms with Crippen LogP contribution >= 0.6 is 35.0 Å². The molecule has 0 N–H and O–H groups in total. The van der Waals surface area contributed by atoms with Gasteiger partial charge in [-0.15, -0.1) is 10.2 Å². The molecule has 0 radical (unpaired) electrons. The lowest BCUT2D eigenvalue weighted by Crippen LogP contribution is -2.38. The normalized spacial score (nSPS) is 18.1. The molecule has 0 aliphatic carbocycles. The van der Waals surface area contributed by atoms with Crippen molar-refractivity contribution in [1.82, 2.24) is 19.7 Å². The third-order valence-corrected chi connectivity index (χ3v) is 8.16. The van der Waals surface area contributed by atoms with Crippen LogP contribution in [-0.4, -0.2) is 64.3 Å². The van der Waals surface area contributed by atoms with Crippen LogP contribution in [0.1, 0.15) is 20.3 Å². The van der Waals surface area contributed by atoms with Crippen molar-refractivity contribution in [2.45, 2.75) is 38.0 Å². The Labute approximate surface area is 191 Å². The molecule has 0 spiro atoms. The number of rotatable bonds is 7. The minimum Gasteiger partial charge on any atom is -0.341 e. The van der Waals surface area contributed by atoms with Crippen LogP contribution in [0.4, 0.5) is 0 Å². The minimum atomic E-state index is -3.04. The molecule has 1 aromatic heterocycles. The highest BCUT2D eigenvalue weighted by atomic mass is 35.5. The first-order valence-electron chi connectivity index (χ1n) is 9.55. The summed E-state index contributed by atoms with van der Waals surface area (Å²) < 4.78 is 25.3. The van der Waals surface area contributed by atoms with Gasteiger partial charge in [-0.3, -0.25) is 4.79 Å². The lowest BCUT2D eigenvalue weighted by Gasteiger charge is -2.23. The lowest BCUT2D eigenvalue weighted by atomic mass is 10.2. The summed E-state index contributed by atoms with van der Waals surface area (Å²) in [4.78, 5) is 14.2. The van der Waals surface area contributed by atoms with Gasteiger partial charge in [0.1, 0.15) is 0 Å². The van der Waals surface area contributed by atoms with Gasteiger partial charge in [0.05, 0.1) is 22.3 Å². The number of hydrogen-bond donors (Lipinski definition) is 0. The number of aromatic nitrogens is 3. The van der Waals surface area contributed by atoms with Crippen LogP contribution in [0.5, 0.6) is 0 Å². The Bertz CT molecular complexity index is 1040. The van der Waals surface area contributed by atoms with Crippen LogP contribution in [0.25, 0.3) is 11.4 Å². The maximum atomic E-state index is 12.6. The molecular weight excluding hydrogens is 467 g/mol. The number of halogens is 2. The Balaban J connectivity index is 1.77. The monoisotopic (exact) mass is 490 g/mol. The second-order valence-corrected chi connectivity index (χ2v) is 11.8. The summed E-state index contributed by atoms with van der Waals surface area (Å²) in [5, 5.41) is 10.2. The topological polar surface area (TPSA) is 85.2 Å². The van der Waals surface area contributed by atoms with Crippen LogP contribution in [0.2, 0.25) is 10.0 Å². The quantitative estimate of drug-likeness (QED) is 0.550. The lowest BCUT2D eigenvalue weighted by molar-refractivity contribution is -0.128. The molecule has 1 aliphatic rings. The van der Waals surface area contributed by atoms with E-state index in [9.17, 15) is 13.2 Å². The zero-order valence-electron chi connectivity index (χ0n) is 17.0. The summed E-state index contributed by atoms with van der Waals surface area (Å²) in [7, 11) is -1.39. The zero-order valence-corrected chi connectivity index (χ0v) is 20.2. The molecule has 3 rings (SSSR count). The van der Waals surface area contributed by atoms with Crippen LogP contribution in [-0.2, 0) is 21.2 Å². The predicted molar refractivity (Wildman–Crippen MR) is 121 cm³/mol. The standard InChI is InChI=1S/C19H24Cl2N4O3S2/c1-12(2)9-25-18(15-5-4-13(20)8-16(15)21)22-23-19(25)29-10-17(26)24(3)14-6-7-30(27,28)11-14/h4-5,8,12,14H,6-7,9-11H2,1-3H3. The van der Waals surface area contributed by atoms with Crippen LogP contribution in [0.3, 0.4) is 0 Å². The molecule has 164 valence electrons. The molecule has 1 aliphatic heterocycles. The fourth-order valence-electron chi connectivity index (χ4n) is 3.31. The summed E-state index contributed by atoms with van der Waals surface area (Å²) >= 11 is 13.7. The first-order valence-corrected chi connectivity index (χ1v) is 13.1. The maximum absolute atomic E-state index is 12.6. The van der Waals surface area contributed by atoms with E-state index in [2.05, 4.69) is 24.0 Å². The number of carbonyl (C=O) groups is 1. The van der Waals surface area contributed by atoms with Crippen molar-refractivity contribution in [3.8, 4) is 11.4 Å². The second-order valence-electron chi connectivity index (χ2n) is 7.78. The Kier molecular flexibility index (Phi) is 7.37. The van der Waals surface area contributed by atoms with Crippen molar-refractivity contribution < 1.29 is 13.2 Å². The van der Waals surface area contributed by atoms with Gasteiger partial charge >= 0.3 is 0 Å². The molecule has 1 aromatic carbocycles. The summed E-state index contributed by atoms with van der Waals surface area (Å²) in [6.45, 7) is 4.83. The average molecular weight is 491 g/mol. The highest BCUT2D eigenvalue weighted by molar-refractivity contribution is 7.99. The molecular formula is C19H24Cl2N4O3S2. The molecule has 2 heterocycles. The van der Waals surface area contributed by atoms with Crippen molar-refractivity contribution >= 4 is 50.7 Å². The molecule has 7 nitrogen and oxygen atoms in total. The minimum absolute atomic E-state index is 0.0304. The molecule has 0 saturated carbocycles. The fraction of sp³-hybridized carbons (Fsp3) is 0.526. The largest absolute Gasteiger partial charge is 0.341 e. The van der Waals surface area contributed by atoms with E-state index in [1.807, 2.05) is 4.57 Å². The molecule has 1 atom stereocenters. The van der Waals surface area contributed by atoms with E-state index < -0.39 is 9.84 Å². The Hall–Kier alpha value is -1.29. The molecule has 11 heteroatoms. The summed E-state index contributed by atoms with van der Waals surface area (Å²) in [6.07, 6.45) is 0.484. The van der Waals surface area contributed by atoms with Gasteiger partial charge in [-0.25, -0.2) is 8.42 Å². The smallest absolute Gasteiger partial charge is 0.233 e. The SMILES string of the molecule is CC(C)Cn1c(SCC(=O)N(C)C2CCS(=O)(=O)C2)nnc1-c1ccc(Cl)cc1Cl. The van der Waals surface area contributed by atoms with E-state index in [0.717, 1.165) is 5.56 Å². The first-order chi connectivity index (χ1) is 14.1. The Morgan fingerprint density at radius 2 is 2.07 bits per heavy atom.